The molecule has 0 amide bonds. The van der Waals surface area contributed by atoms with Crippen molar-refractivity contribution in [2.75, 3.05) is 18.0 Å². The quantitative estimate of drug-likeness (QED) is 0.250. The van der Waals surface area contributed by atoms with Crippen LogP contribution in [0.5, 0.6) is 0 Å². The number of nitrogens with zero attached hydrogens (tertiary/aromatic N) is 3. The number of hydrogen-bond acceptors (Lipinski definition) is 6. The van der Waals surface area contributed by atoms with E-state index in [-0.39, 0.29) is 15.7 Å². The van der Waals surface area contributed by atoms with Crippen LogP contribution in [0.15, 0.2) is 41.2 Å². The predicted octanol–water partition coefficient (Wildman–Crippen LogP) is 5.99. The molecule has 1 aliphatic rings. The fourth-order valence-electron chi connectivity index (χ4n) is 3.92. The Bertz CT molecular complexity index is 1300. The molecule has 4 rings (SSSR count). The molecule has 0 aliphatic carbocycles. The van der Waals surface area contributed by atoms with Crippen molar-refractivity contribution in [3.8, 4) is 0 Å². The molecule has 13 heteroatoms. The smallest absolute Gasteiger partial charge is 0.348 e. The minimum atomic E-state index is -4.87. The molecule has 2 aromatic carbocycles. The lowest BCUT2D eigenvalue weighted by Crippen LogP contribution is -2.34. The van der Waals surface area contributed by atoms with Gasteiger partial charge in [0.25, 0.3) is 11.2 Å². The van der Waals surface area contributed by atoms with Gasteiger partial charge in [0.2, 0.25) is 0 Å². The molecule has 0 radical (unpaired) electrons. The van der Waals surface area contributed by atoms with Crippen LogP contribution in [0.25, 0.3) is 10.1 Å². The molecule has 2 heterocycles. The number of non-ortho nitro benzene ring substituents is 1. The third kappa shape index (κ3) is 4.69. The Morgan fingerprint density at radius 1 is 0.971 bits per heavy atom. The van der Waals surface area contributed by atoms with Crippen molar-refractivity contribution in [2.45, 2.75) is 31.1 Å². The van der Waals surface area contributed by atoms with Gasteiger partial charge in [0, 0.05) is 19.2 Å². The normalized spacial score (nSPS) is 15.6. The van der Waals surface area contributed by atoms with Crippen molar-refractivity contribution in [3.63, 3.8) is 0 Å². The summed E-state index contributed by atoms with van der Waals surface area (Å²) < 4.78 is 77.4. The number of anilines is 1. The number of aromatic nitrogens is 1. The molecular formula is C21H15F6N3O3S. The van der Waals surface area contributed by atoms with E-state index in [9.17, 15) is 41.3 Å². The number of nitro benzene ring substituents is 1. The lowest BCUT2D eigenvalue weighted by molar-refractivity contribution is -0.383. The molecule has 0 saturated carbocycles. The number of piperidine rings is 1. The van der Waals surface area contributed by atoms with Gasteiger partial charge in [-0.3, -0.25) is 14.9 Å². The molecular weight excluding hydrogens is 488 g/mol. The summed E-state index contributed by atoms with van der Waals surface area (Å²) in [5.41, 5.74) is -3.13. The van der Waals surface area contributed by atoms with Crippen molar-refractivity contribution in [2.24, 2.45) is 0 Å². The topological polar surface area (TPSA) is 76.3 Å². The van der Waals surface area contributed by atoms with E-state index >= 15 is 0 Å². The lowest BCUT2D eigenvalue weighted by Gasteiger charge is -2.32. The summed E-state index contributed by atoms with van der Waals surface area (Å²) in [5.74, 6) is -0.0283. The van der Waals surface area contributed by atoms with E-state index in [1.807, 2.05) is 0 Å². The number of nitro groups is 1. The summed E-state index contributed by atoms with van der Waals surface area (Å²) in [6.07, 6.45) is -8.23. The Morgan fingerprint density at radius 3 is 2.09 bits per heavy atom. The predicted molar refractivity (Wildman–Crippen MR) is 113 cm³/mol. The Hall–Kier alpha value is -3.22. The van der Waals surface area contributed by atoms with Gasteiger partial charge in [-0.25, -0.2) is 0 Å². The Morgan fingerprint density at radius 2 is 1.56 bits per heavy atom. The zero-order valence-corrected chi connectivity index (χ0v) is 17.9. The van der Waals surface area contributed by atoms with E-state index in [2.05, 4.69) is 4.98 Å². The largest absolute Gasteiger partial charge is 0.416 e. The molecule has 0 spiro atoms. The van der Waals surface area contributed by atoms with Gasteiger partial charge in [-0.1, -0.05) is 23.5 Å². The summed E-state index contributed by atoms with van der Waals surface area (Å²) in [5, 5.41) is 11.1. The van der Waals surface area contributed by atoms with E-state index < -0.39 is 45.0 Å². The van der Waals surface area contributed by atoms with Crippen LogP contribution >= 0.6 is 11.3 Å². The number of rotatable bonds is 3. The highest BCUT2D eigenvalue weighted by molar-refractivity contribution is 7.22. The van der Waals surface area contributed by atoms with Crippen LogP contribution in [0.4, 0.5) is 37.2 Å². The second-order valence-electron chi connectivity index (χ2n) is 7.81. The maximum absolute atomic E-state index is 13.1. The maximum atomic E-state index is 13.1. The first kappa shape index (κ1) is 23.9. The van der Waals surface area contributed by atoms with Crippen LogP contribution in [-0.2, 0) is 12.4 Å². The van der Waals surface area contributed by atoms with Gasteiger partial charge in [0.1, 0.15) is 4.70 Å². The molecule has 1 aromatic heterocycles. The van der Waals surface area contributed by atoms with E-state index in [4.69, 9.17) is 0 Å². The number of alkyl halides is 6. The Kier molecular flexibility index (Phi) is 6.00. The van der Waals surface area contributed by atoms with Crippen molar-refractivity contribution in [1.29, 1.82) is 0 Å². The number of halogens is 6. The van der Waals surface area contributed by atoms with Gasteiger partial charge in [0.15, 0.2) is 5.13 Å². The van der Waals surface area contributed by atoms with Gasteiger partial charge in [0.05, 0.1) is 21.4 Å². The van der Waals surface area contributed by atoms with Crippen LogP contribution < -0.4 is 10.5 Å². The van der Waals surface area contributed by atoms with Crippen LogP contribution in [0.2, 0.25) is 0 Å². The van der Waals surface area contributed by atoms with Gasteiger partial charge in [-0.2, -0.15) is 31.3 Å². The summed E-state index contributed by atoms with van der Waals surface area (Å²) in [6.45, 7) is 0.739. The van der Waals surface area contributed by atoms with Gasteiger partial charge < -0.3 is 4.90 Å². The molecule has 0 atom stereocenters. The van der Waals surface area contributed by atoms with E-state index in [1.54, 1.807) is 4.90 Å². The molecule has 0 N–H and O–H groups in total. The average Bonchev–Trinajstić information content (AvgIpc) is 2.77. The average molecular weight is 503 g/mol. The summed E-state index contributed by atoms with van der Waals surface area (Å²) in [4.78, 5) is 28.5. The minimum absolute atomic E-state index is 0.0283. The third-order valence-electron chi connectivity index (χ3n) is 5.69. The molecule has 1 fully saturated rings. The Labute approximate surface area is 191 Å². The zero-order valence-electron chi connectivity index (χ0n) is 17.1. The minimum Gasteiger partial charge on any atom is -0.348 e. The first-order valence-corrected chi connectivity index (χ1v) is 10.8. The number of benzene rings is 2. The fraction of sp³-hybridized carbons (Fsp3) is 0.333. The molecule has 1 aliphatic heterocycles. The molecule has 6 nitrogen and oxygen atoms in total. The molecule has 0 unspecified atom stereocenters. The highest BCUT2D eigenvalue weighted by Gasteiger charge is 2.35. The molecule has 34 heavy (non-hydrogen) atoms. The van der Waals surface area contributed by atoms with Crippen molar-refractivity contribution < 1.29 is 31.3 Å². The highest BCUT2D eigenvalue weighted by Crippen LogP contribution is 2.39. The second kappa shape index (κ2) is 8.53. The van der Waals surface area contributed by atoms with Gasteiger partial charge in [-0.05, 0) is 42.5 Å². The van der Waals surface area contributed by atoms with E-state index in [0.717, 1.165) is 29.0 Å². The SMILES string of the molecule is O=c1nc(N2CCC(c3ccc(C(F)(F)F)cc3)CC2)sc2c([N+](=O)[O-])cc(C(F)(F)F)cc12. The first-order chi connectivity index (χ1) is 15.8. The van der Waals surface area contributed by atoms with Crippen LogP contribution in [0.1, 0.15) is 35.4 Å². The second-order valence-corrected chi connectivity index (χ2v) is 8.79. The van der Waals surface area contributed by atoms with Crippen molar-refractivity contribution in [1.82, 2.24) is 4.98 Å². The molecule has 1 saturated heterocycles. The number of hydrogen-bond donors (Lipinski definition) is 0. The third-order valence-corrected chi connectivity index (χ3v) is 6.85. The van der Waals surface area contributed by atoms with E-state index in [1.165, 1.54) is 12.1 Å². The Balaban J connectivity index is 1.60. The zero-order chi connectivity index (χ0) is 24.8. The van der Waals surface area contributed by atoms with Crippen molar-refractivity contribution in [3.05, 3.63) is 73.6 Å². The van der Waals surface area contributed by atoms with Crippen molar-refractivity contribution >= 4 is 32.2 Å². The summed E-state index contributed by atoms with van der Waals surface area (Å²) in [6, 6.07) is 5.86. The van der Waals surface area contributed by atoms with Crippen LogP contribution in [0, 0.1) is 10.1 Å². The summed E-state index contributed by atoms with van der Waals surface area (Å²) in [7, 11) is 0. The van der Waals surface area contributed by atoms with E-state index in [0.29, 0.717) is 38.1 Å². The first-order valence-electron chi connectivity index (χ1n) is 9.97. The van der Waals surface area contributed by atoms with Gasteiger partial charge in [-0.15, -0.1) is 0 Å². The molecule has 180 valence electrons. The highest BCUT2D eigenvalue weighted by atomic mass is 32.1. The lowest BCUT2D eigenvalue weighted by atomic mass is 9.89. The summed E-state index contributed by atoms with van der Waals surface area (Å²) >= 11 is 0.764. The molecule has 0 bridgehead atoms. The standard InChI is InChI=1S/C21H15F6N3O3S/c22-20(23,24)13-3-1-11(2-4-13)12-5-7-29(8-6-12)19-28-18(31)15-9-14(21(25,26)27)10-16(30(32)33)17(15)34-19/h1-4,9-10,12H,5-8H2. The molecule has 3 aromatic rings. The number of fused-ring (bicyclic) bond motifs is 1. The maximum Gasteiger partial charge on any atom is 0.416 e. The fourth-order valence-corrected chi connectivity index (χ4v) is 5.04. The van der Waals surface area contributed by atoms with Gasteiger partial charge >= 0.3 is 12.4 Å². The van der Waals surface area contributed by atoms with Crippen LogP contribution in [-0.4, -0.2) is 23.0 Å². The van der Waals surface area contributed by atoms with Crippen LogP contribution in [0.3, 0.4) is 0 Å². The monoisotopic (exact) mass is 503 g/mol.